The van der Waals surface area contributed by atoms with Crippen molar-refractivity contribution in [2.75, 3.05) is 5.32 Å². The van der Waals surface area contributed by atoms with E-state index in [1.165, 1.54) is 0 Å². The van der Waals surface area contributed by atoms with Crippen molar-refractivity contribution in [3.05, 3.63) is 45.9 Å². The highest BCUT2D eigenvalue weighted by molar-refractivity contribution is 5.62. The average Bonchev–Trinajstić information content (AvgIpc) is 2.49. The molecule has 116 valence electrons. The molecule has 1 aromatic carbocycles. The van der Waals surface area contributed by atoms with Gasteiger partial charge in [0.1, 0.15) is 5.75 Å². The van der Waals surface area contributed by atoms with Crippen molar-refractivity contribution in [1.29, 1.82) is 0 Å². The number of anilines is 2. The smallest absolute Gasteiger partial charge is 0.255 e. The van der Waals surface area contributed by atoms with Gasteiger partial charge in [-0.1, -0.05) is 12.1 Å². The molecular formula is C17H21N3O2. The number of rotatable bonds is 4. The Labute approximate surface area is 129 Å². The fraction of sp³-hybridized carbons (Fsp3) is 0.412. The monoisotopic (exact) mass is 299 g/mol. The highest BCUT2D eigenvalue weighted by Gasteiger charge is 2.16. The molecule has 1 aliphatic rings. The quantitative estimate of drug-likeness (QED) is 0.910. The van der Waals surface area contributed by atoms with Crippen LogP contribution in [0.1, 0.15) is 37.9 Å². The predicted molar refractivity (Wildman–Crippen MR) is 87.0 cm³/mol. The molecule has 0 bridgehead atoms. The van der Waals surface area contributed by atoms with Crippen molar-refractivity contribution >= 4 is 11.6 Å². The van der Waals surface area contributed by atoms with Crippen LogP contribution >= 0.6 is 0 Å². The van der Waals surface area contributed by atoms with Gasteiger partial charge in [-0.15, -0.1) is 0 Å². The Bertz CT molecular complexity index is 722. The van der Waals surface area contributed by atoms with Gasteiger partial charge in [0, 0.05) is 5.56 Å². The first-order valence-electron chi connectivity index (χ1n) is 7.78. The lowest BCUT2D eigenvalue weighted by atomic mass is 9.97. The van der Waals surface area contributed by atoms with E-state index in [1.54, 1.807) is 0 Å². The molecule has 0 radical (unpaired) electrons. The van der Waals surface area contributed by atoms with Gasteiger partial charge < -0.3 is 10.1 Å². The molecular weight excluding hydrogens is 278 g/mol. The number of benzene rings is 1. The highest BCUT2D eigenvalue weighted by atomic mass is 16.5. The summed E-state index contributed by atoms with van der Waals surface area (Å²) < 4.78 is 5.78. The Morgan fingerprint density at radius 1 is 1.23 bits per heavy atom. The third kappa shape index (κ3) is 3.13. The number of aryl methyl sites for hydroxylation is 1. The summed E-state index contributed by atoms with van der Waals surface area (Å²) in [5.41, 5.74) is 2.52. The number of fused-ring (bicyclic) bond motifs is 1. The Morgan fingerprint density at radius 2 is 2.00 bits per heavy atom. The molecule has 0 amide bonds. The lowest BCUT2D eigenvalue weighted by Crippen LogP contribution is -2.22. The van der Waals surface area contributed by atoms with E-state index >= 15 is 0 Å². The lowest BCUT2D eigenvalue weighted by Gasteiger charge is -2.17. The molecule has 0 unspecified atom stereocenters. The van der Waals surface area contributed by atoms with Crippen LogP contribution in [0.2, 0.25) is 0 Å². The van der Waals surface area contributed by atoms with Gasteiger partial charge in [0.15, 0.2) is 0 Å². The van der Waals surface area contributed by atoms with E-state index in [9.17, 15) is 4.79 Å². The number of nitrogens with one attached hydrogen (secondary N) is 2. The zero-order chi connectivity index (χ0) is 15.5. The summed E-state index contributed by atoms with van der Waals surface area (Å²) in [5, 5.41) is 3.18. The number of hydrogen-bond acceptors (Lipinski definition) is 4. The molecule has 5 nitrogen and oxygen atoms in total. The van der Waals surface area contributed by atoms with Crippen LogP contribution in [0, 0.1) is 0 Å². The second-order valence-corrected chi connectivity index (χ2v) is 5.83. The van der Waals surface area contributed by atoms with Crippen molar-refractivity contribution < 1.29 is 4.74 Å². The van der Waals surface area contributed by atoms with Gasteiger partial charge in [-0.3, -0.25) is 9.78 Å². The Balaban J connectivity index is 1.91. The van der Waals surface area contributed by atoms with Crippen molar-refractivity contribution in [2.24, 2.45) is 0 Å². The summed E-state index contributed by atoms with van der Waals surface area (Å²) in [5.74, 6) is 1.23. The minimum Gasteiger partial charge on any atom is -0.489 e. The molecule has 0 saturated carbocycles. The van der Waals surface area contributed by atoms with E-state index in [2.05, 4.69) is 15.3 Å². The molecule has 5 heteroatoms. The number of para-hydroxylation sites is 2. The first kappa shape index (κ1) is 14.6. The normalized spacial score (nSPS) is 13.8. The van der Waals surface area contributed by atoms with Gasteiger partial charge in [0.05, 0.1) is 17.5 Å². The number of aromatic amines is 1. The number of hydrogen-bond donors (Lipinski definition) is 2. The Hall–Kier alpha value is -2.30. The molecule has 0 saturated heterocycles. The van der Waals surface area contributed by atoms with Crippen molar-refractivity contribution in [3.63, 3.8) is 0 Å². The minimum absolute atomic E-state index is 0.0329. The van der Waals surface area contributed by atoms with Gasteiger partial charge in [-0.05, 0) is 51.7 Å². The van der Waals surface area contributed by atoms with Gasteiger partial charge >= 0.3 is 0 Å². The summed E-state index contributed by atoms with van der Waals surface area (Å²) in [6, 6.07) is 7.66. The van der Waals surface area contributed by atoms with Gasteiger partial charge in [0.2, 0.25) is 5.95 Å². The van der Waals surface area contributed by atoms with E-state index in [0.29, 0.717) is 5.95 Å². The molecule has 0 atom stereocenters. The summed E-state index contributed by atoms with van der Waals surface area (Å²) in [6.07, 6.45) is 3.94. The average molecular weight is 299 g/mol. The second-order valence-electron chi connectivity index (χ2n) is 5.83. The molecule has 3 rings (SSSR count). The fourth-order valence-corrected chi connectivity index (χ4v) is 2.72. The van der Waals surface area contributed by atoms with E-state index < -0.39 is 0 Å². The largest absolute Gasteiger partial charge is 0.489 e. The van der Waals surface area contributed by atoms with Crippen LogP contribution in [-0.4, -0.2) is 16.1 Å². The van der Waals surface area contributed by atoms with Crippen LogP contribution in [0.15, 0.2) is 29.1 Å². The molecule has 0 spiro atoms. The maximum Gasteiger partial charge on any atom is 0.255 e. The third-order valence-corrected chi connectivity index (χ3v) is 3.69. The summed E-state index contributed by atoms with van der Waals surface area (Å²) in [7, 11) is 0. The Morgan fingerprint density at radius 3 is 2.82 bits per heavy atom. The molecule has 1 aliphatic carbocycles. The number of ether oxygens (including phenoxy) is 1. The molecule has 0 aliphatic heterocycles. The van der Waals surface area contributed by atoms with Crippen LogP contribution in [0.4, 0.5) is 11.6 Å². The zero-order valence-corrected chi connectivity index (χ0v) is 13.0. The first-order chi connectivity index (χ1) is 10.6. The standard InChI is InChI=1S/C17H21N3O2/c1-11(2)22-15-10-6-5-9-14(15)19-17-18-13-8-4-3-7-12(13)16(21)20-17/h5-6,9-11H,3-4,7-8H2,1-2H3,(H2,18,19,20,21). The molecule has 0 fully saturated rings. The maximum atomic E-state index is 12.2. The second kappa shape index (κ2) is 6.22. The van der Waals surface area contributed by atoms with E-state index in [0.717, 1.165) is 48.4 Å². The van der Waals surface area contributed by atoms with Crippen LogP contribution in [-0.2, 0) is 12.8 Å². The molecule has 22 heavy (non-hydrogen) atoms. The van der Waals surface area contributed by atoms with Gasteiger partial charge in [-0.2, -0.15) is 0 Å². The van der Waals surface area contributed by atoms with Crippen LogP contribution in [0.25, 0.3) is 0 Å². The predicted octanol–water partition coefficient (Wildman–Crippen LogP) is 3.18. The van der Waals surface area contributed by atoms with Crippen LogP contribution in [0.3, 0.4) is 0 Å². The number of H-pyrrole nitrogens is 1. The zero-order valence-electron chi connectivity index (χ0n) is 13.0. The van der Waals surface area contributed by atoms with E-state index in [4.69, 9.17) is 4.74 Å². The third-order valence-electron chi connectivity index (χ3n) is 3.69. The minimum atomic E-state index is -0.0329. The van der Waals surface area contributed by atoms with Crippen LogP contribution < -0.4 is 15.6 Å². The maximum absolute atomic E-state index is 12.2. The van der Waals surface area contributed by atoms with Crippen molar-refractivity contribution in [3.8, 4) is 5.75 Å². The topological polar surface area (TPSA) is 67.0 Å². The highest BCUT2D eigenvalue weighted by Crippen LogP contribution is 2.27. The van der Waals surface area contributed by atoms with Crippen molar-refractivity contribution in [2.45, 2.75) is 45.6 Å². The summed E-state index contributed by atoms with van der Waals surface area (Å²) in [4.78, 5) is 19.6. The lowest BCUT2D eigenvalue weighted by molar-refractivity contribution is 0.244. The Kier molecular flexibility index (Phi) is 4.13. The molecule has 1 aromatic heterocycles. The van der Waals surface area contributed by atoms with Gasteiger partial charge in [-0.25, -0.2) is 4.98 Å². The van der Waals surface area contributed by atoms with E-state index in [1.807, 2.05) is 38.1 Å². The van der Waals surface area contributed by atoms with E-state index in [-0.39, 0.29) is 11.7 Å². The first-order valence-corrected chi connectivity index (χ1v) is 7.78. The molecule has 1 heterocycles. The molecule has 2 aromatic rings. The number of aromatic nitrogens is 2. The SMILES string of the molecule is CC(C)Oc1ccccc1Nc1nc2c(c(=O)[nH]1)CCCC2. The van der Waals surface area contributed by atoms with Gasteiger partial charge in [0.25, 0.3) is 5.56 Å². The summed E-state index contributed by atoms with van der Waals surface area (Å²) >= 11 is 0. The fourth-order valence-electron chi connectivity index (χ4n) is 2.72. The molecule has 2 N–H and O–H groups in total. The van der Waals surface area contributed by atoms with Crippen LogP contribution in [0.5, 0.6) is 5.75 Å². The number of nitrogens with zero attached hydrogens (tertiary/aromatic N) is 1. The summed E-state index contributed by atoms with van der Waals surface area (Å²) in [6.45, 7) is 3.96. The van der Waals surface area contributed by atoms with Crippen molar-refractivity contribution in [1.82, 2.24) is 9.97 Å².